The number of hydrogen-bond donors (Lipinski definition) is 1. The van der Waals surface area contributed by atoms with E-state index < -0.39 is 0 Å². The predicted molar refractivity (Wildman–Crippen MR) is 72.2 cm³/mol. The van der Waals surface area contributed by atoms with Crippen LogP contribution in [0.5, 0.6) is 5.88 Å². The molecule has 2 rings (SSSR count). The van der Waals surface area contributed by atoms with Crippen molar-refractivity contribution in [1.82, 2.24) is 4.98 Å². The molecule has 5 heteroatoms. The van der Waals surface area contributed by atoms with Crippen LogP contribution in [0.3, 0.4) is 0 Å². The summed E-state index contributed by atoms with van der Waals surface area (Å²) in [4.78, 5) is 5.26. The standard InChI is InChI=1S/C12H13ClN2OS/c1-8(10-3-4-11(13)17-10)15-9-5-6-14-12(7-9)16-2/h3-8H,1-2H3,(H,14,15). The number of thiophene rings is 1. The molecule has 3 nitrogen and oxygen atoms in total. The Morgan fingerprint density at radius 2 is 2.24 bits per heavy atom. The van der Waals surface area contributed by atoms with E-state index in [1.807, 2.05) is 24.3 Å². The van der Waals surface area contributed by atoms with Crippen LogP contribution in [0.4, 0.5) is 5.69 Å². The van der Waals surface area contributed by atoms with Crippen molar-refractivity contribution in [3.8, 4) is 5.88 Å². The SMILES string of the molecule is COc1cc(NC(C)c2ccc(Cl)s2)ccn1. The number of hydrogen-bond acceptors (Lipinski definition) is 4. The molecule has 90 valence electrons. The fourth-order valence-electron chi connectivity index (χ4n) is 1.49. The van der Waals surface area contributed by atoms with E-state index in [0.29, 0.717) is 5.88 Å². The van der Waals surface area contributed by atoms with Crippen molar-refractivity contribution in [2.75, 3.05) is 12.4 Å². The first-order valence-corrected chi connectivity index (χ1v) is 6.40. The number of anilines is 1. The number of nitrogens with zero attached hydrogens (tertiary/aromatic N) is 1. The highest BCUT2D eigenvalue weighted by Gasteiger charge is 2.08. The van der Waals surface area contributed by atoms with Crippen molar-refractivity contribution >= 4 is 28.6 Å². The van der Waals surface area contributed by atoms with Crippen LogP contribution in [0.25, 0.3) is 0 Å². The third-order valence-corrected chi connectivity index (χ3v) is 3.76. The van der Waals surface area contributed by atoms with Crippen molar-refractivity contribution in [1.29, 1.82) is 0 Å². The first-order chi connectivity index (χ1) is 8.19. The number of ether oxygens (including phenoxy) is 1. The molecule has 0 fully saturated rings. The second-order valence-corrected chi connectivity index (χ2v) is 5.34. The average Bonchev–Trinajstić information content (AvgIpc) is 2.76. The third kappa shape index (κ3) is 3.11. The minimum absolute atomic E-state index is 0.208. The van der Waals surface area contributed by atoms with Crippen LogP contribution in [0.15, 0.2) is 30.5 Å². The van der Waals surface area contributed by atoms with Gasteiger partial charge >= 0.3 is 0 Å². The van der Waals surface area contributed by atoms with E-state index in [9.17, 15) is 0 Å². The molecule has 0 bridgehead atoms. The van der Waals surface area contributed by atoms with Gasteiger partial charge in [-0.2, -0.15) is 0 Å². The van der Waals surface area contributed by atoms with E-state index >= 15 is 0 Å². The van der Waals surface area contributed by atoms with Crippen LogP contribution in [0.2, 0.25) is 4.34 Å². The van der Waals surface area contributed by atoms with E-state index in [2.05, 4.69) is 17.2 Å². The monoisotopic (exact) mass is 268 g/mol. The summed E-state index contributed by atoms with van der Waals surface area (Å²) in [5.41, 5.74) is 0.980. The second-order valence-electron chi connectivity index (χ2n) is 3.59. The zero-order chi connectivity index (χ0) is 12.3. The molecule has 0 aliphatic heterocycles. The molecule has 0 saturated carbocycles. The Labute approximate surface area is 109 Å². The Balaban J connectivity index is 2.09. The second kappa shape index (κ2) is 5.38. The van der Waals surface area contributed by atoms with E-state index in [0.717, 1.165) is 10.0 Å². The number of pyridine rings is 1. The molecule has 0 spiro atoms. The van der Waals surface area contributed by atoms with Crippen LogP contribution < -0.4 is 10.1 Å². The van der Waals surface area contributed by atoms with Gasteiger partial charge in [-0.05, 0) is 25.1 Å². The summed E-state index contributed by atoms with van der Waals surface area (Å²) >= 11 is 7.50. The van der Waals surface area contributed by atoms with Gasteiger partial charge in [-0.25, -0.2) is 4.98 Å². The Hall–Kier alpha value is -1.26. The van der Waals surface area contributed by atoms with Gasteiger partial charge in [-0.3, -0.25) is 0 Å². The summed E-state index contributed by atoms with van der Waals surface area (Å²) < 4.78 is 5.88. The third-order valence-electron chi connectivity index (χ3n) is 2.35. The zero-order valence-corrected chi connectivity index (χ0v) is 11.2. The fraction of sp³-hybridized carbons (Fsp3) is 0.250. The van der Waals surface area contributed by atoms with Gasteiger partial charge in [0, 0.05) is 22.8 Å². The summed E-state index contributed by atoms with van der Waals surface area (Å²) in [7, 11) is 1.61. The molecular formula is C12H13ClN2OS. The van der Waals surface area contributed by atoms with E-state index in [4.69, 9.17) is 16.3 Å². The molecule has 1 unspecified atom stereocenters. The highest BCUT2D eigenvalue weighted by atomic mass is 35.5. The minimum Gasteiger partial charge on any atom is -0.481 e. The van der Waals surface area contributed by atoms with Crippen LogP contribution >= 0.6 is 22.9 Å². The van der Waals surface area contributed by atoms with Gasteiger partial charge < -0.3 is 10.1 Å². The summed E-state index contributed by atoms with van der Waals surface area (Å²) in [5, 5.41) is 3.38. The summed E-state index contributed by atoms with van der Waals surface area (Å²) in [6, 6.07) is 7.93. The maximum absolute atomic E-state index is 5.92. The fourth-order valence-corrected chi connectivity index (χ4v) is 2.56. The maximum Gasteiger partial charge on any atom is 0.214 e. The minimum atomic E-state index is 0.208. The molecule has 0 radical (unpaired) electrons. The van der Waals surface area contributed by atoms with E-state index in [1.54, 1.807) is 24.6 Å². The highest BCUT2D eigenvalue weighted by molar-refractivity contribution is 7.16. The molecular weight excluding hydrogens is 256 g/mol. The molecule has 0 amide bonds. The van der Waals surface area contributed by atoms with Crippen molar-refractivity contribution in [3.63, 3.8) is 0 Å². The Bertz CT molecular complexity index is 501. The van der Waals surface area contributed by atoms with Crippen molar-refractivity contribution in [2.24, 2.45) is 0 Å². The lowest BCUT2D eigenvalue weighted by Crippen LogP contribution is -2.05. The molecule has 0 aliphatic carbocycles. The number of halogens is 1. The summed E-state index contributed by atoms with van der Waals surface area (Å²) in [6.45, 7) is 2.09. The molecule has 17 heavy (non-hydrogen) atoms. The topological polar surface area (TPSA) is 34.1 Å². The van der Waals surface area contributed by atoms with Crippen LogP contribution in [0, 0.1) is 0 Å². The molecule has 2 aromatic rings. The van der Waals surface area contributed by atoms with Gasteiger partial charge in [0.1, 0.15) is 0 Å². The maximum atomic E-state index is 5.92. The Kier molecular flexibility index (Phi) is 3.86. The molecule has 2 aromatic heterocycles. The largest absolute Gasteiger partial charge is 0.481 e. The lowest BCUT2D eigenvalue weighted by atomic mass is 10.2. The van der Waals surface area contributed by atoms with Crippen LogP contribution in [0.1, 0.15) is 17.8 Å². The number of methoxy groups -OCH3 is 1. The summed E-state index contributed by atoms with van der Waals surface area (Å²) in [5.74, 6) is 0.603. The molecule has 1 N–H and O–H groups in total. The van der Waals surface area contributed by atoms with Crippen molar-refractivity contribution < 1.29 is 4.74 Å². The molecule has 0 saturated heterocycles. The lowest BCUT2D eigenvalue weighted by molar-refractivity contribution is 0.398. The van der Waals surface area contributed by atoms with E-state index in [1.165, 1.54) is 4.88 Å². The quantitative estimate of drug-likeness (QED) is 0.911. The normalized spacial score (nSPS) is 12.2. The molecule has 2 heterocycles. The Morgan fingerprint density at radius 3 is 2.88 bits per heavy atom. The Morgan fingerprint density at radius 1 is 1.41 bits per heavy atom. The first kappa shape index (κ1) is 12.2. The number of aromatic nitrogens is 1. The molecule has 0 aliphatic rings. The van der Waals surface area contributed by atoms with Crippen molar-refractivity contribution in [3.05, 3.63) is 39.7 Å². The highest BCUT2D eigenvalue weighted by Crippen LogP contribution is 2.29. The number of nitrogens with one attached hydrogen (secondary N) is 1. The average molecular weight is 269 g/mol. The smallest absolute Gasteiger partial charge is 0.214 e. The van der Waals surface area contributed by atoms with E-state index in [-0.39, 0.29) is 6.04 Å². The molecule has 0 aromatic carbocycles. The van der Waals surface area contributed by atoms with Gasteiger partial charge in [0.25, 0.3) is 0 Å². The van der Waals surface area contributed by atoms with Crippen LogP contribution in [-0.2, 0) is 0 Å². The molecule has 1 atom stereocenters. The van der Waals surface area contributed by atoms with Crippen LogP contribution in [-0.4, -0.2) is 12.1 Å². The van der Waals surface area contributed by atoms with Gasteiger partial charge in [0.15, 0.2) is 0 Å². The van der Waals surface area contributed by atoms with Gasteiger partial charge in [0.2, 0.25) is 5.88 Å². The van der Waals surface area contributed by atoms with Gasteiger partial charge in [-0.1, -0.05) is 11.6 Å². The van der Waals surface area contributed by atoms with Gasteiger partial charge in [0.05, 0.1) is 17.5 Å². The number of rotatable bonds is 4. The zero-order valence-electron chi connectivity index (χ0n) is 9.61. The predicted octanol–water partition coefficient (Wildman–Crippen LogP) is 3.98. The van der Waals surface area contributed by atoms with Gasteiger partial charge in [-0.15, -0.1) is 11.3 Å². The summed E-state index contributed by atoms with van der Waals surface area (Å²) in [6.07, 6.45) is 1.72. The lowest BCUT2D eigenvalue weighted by Gasteiger charge is -2.13. The first-order valence-electron chi connectivity index (χ1n) is 5.21. The van der Waals surface area contributed by atoms with Crippen molar-refractivity contribution in [2.45, 2.75) is 13.0 Å².